The third kappa shape index (κ3) is 3.67. The number of urea groups is 1. The zero-order chi connectivity index (χ0) is 19.5. The van der Waals surface area contributed by atoms with Gasteiger partial charge >= 0.3 is 6.03 Å². The number of pyridine rings is 1. The SMILES string of the molecule is CC(=O)c1cccc(NC(=O)N2CCN(c3cccc4cccnc34)CC2)c1. The number of Topliss-reactive ketones (excluding diaryl/α,β-unsaturated/α-hetero) is 1. The minimum atomic E-state index is -0.142. The fraction of sp³-hybridized carbons (Fsp3) is 0.227. The molecule has 0 aliphatic carbocycles. The van der Waals surface area contributed by atoms with E-state index in [-0.39, 0.29) is 11.8 Å². The molecule has 1 fully saturated rings. The van der Waals surface area contributed by atoms with E-state index in [0.29, 0.717) is 24.3 Å². The highest BCUT2D eigenvalue weighted by molar-refractivity contribution is 5.97. The lowest BCUT2D eigenvalue weighted by Gasteiger charge is -2.36. The Morgan fingerprint density at radius 2 is 1.71 bits per heavy atom. The summed E-state index contributed by atoms with van der Waals surface area (Å²) in [7, 11) is 0. The van der Waals surface area contributed by atoms with Crippen molar-refractivity contribution in [2.75, 3.05) is 36.4 Å². The molecule has 1 aromatic heterocycles. The van der Waals surface area contributed by atoms with Gasteiger partial charge in [0, 0.05) is 49.0 Å². The molecule has 1 aliphatic rings. The van der Waals surface area contributed by atoms with Gasteiger partial charge in [-0.3, -0.25) is 9.78 Å². The average molecular weight is 374 g/mol. The third-order valence-corrected chi connectivity index (χ3v) is 5.04. The lowest BCUT2D eigenvalue weighted by molar-refractivity contribution is 0.101. The molecule has 0 saturated carbocycles. The number of benzene rings is 2. The van der Waals surface area contributed by atoms with E-state index in [1.165, 1.54) is 6.92 Å². The Morgan fingerprint density at radius 1 is 0.964 bits per heavy atom. The number of piperazine rings is 1. The lowest BCUT2D eigenvalue weighted by atomic mass is 10.1. The van der Waals surface area contributed by atoms with Crippen molar-refractivity contribution in [2.24, 2.45) is 0 Å². The van der Waals surface area contributed by atoms with Gasteiger partial charge in [-0.2, -0.15) is 0 Å². The van der Waals surface area contributed by atoms with Gasteiger partial charge in [0.15, 0.2) is 5.78 Å². The Morgan fingerprint density at radius 3 is 2.50 bits per heavy atom. The van der Waals surface area contributed by atoms with Crippen molar-refractivity contribution < 1.29 is 9.59 Å². The van der Waals surface area contributed by atoms with Crippen LogP contribution in [-0.4, -0.2) is 47.9 Å². The van der Waals surface area contributed by atoms with Crippen LogP contribution in [0.3, 0.4) is 0 Å². The minimum Gasteiger partial charge on any atom is -0.366 e. The first-order valence-electron chi connectivity index (χ1n) is 9.37. The van der Waals surface area contributed by atoms with E-state index in [0.717, 1.165) is 29.7 Å². The Bertz CT molecular complexity index is 1020. The molecule has 6 nitrogen and oxygen atoms in total. The van der Waals surface area contributed by atoms with Crippen molar-refractivity contribution in [3.8, 4) is 0 Å². The summed E-state index contributed by atoms with van der Waals surface area (Å²) in [6.07, 6.45) is 1.81. The summed E-state index contributed by atoms with van der Waals surface area (Å²) < 4.78 is 0. The van der Waals surface area contributed by atoms with Crippen LogP contribution in [0.4, 0.5) is 16.2 Å². The summed E-state index contributed by atoms with van der Waals surface area (Å²) in [4.78, 5) is 32.7. The van der Waals surface area contributed by atoms with Gasteiger partial charge in [0.1, 0.15) is 0 Å². The van der Waals surface area contributed by atoms with Gasteiger partial charge < -0.3 is 15.1 Å². The maximum absolute atomic E-state index is 12.6. The molecule has 28 heavy (non-hydrogen) atoms. The molecule has 2 amide bonds. The Labute approximate surface area is 163 Å². The first-order valence-corrected chi connectivity index (χ1v) is 9.37. The fourth-order valence-electron chi connectivity index (χ4n) is 3.51. The maximum atomic E-state index is 12.6. The summed E-state index contributed by atoms with van der Waals surface area (Å²) >= 11 is 0. The number of fused-ring (bicyclic) bond motifs is 1. The zero-order valence-electron chi connectivity index (χ0n) is 15.8. The standard InChI is InChI=1S/C22H22N4O2/c1-16(27)18-6-2-8-19(15-18)24-22(28)26-13-11-25(12-14-26)20-9-3-5-17-7-4-10-23-21(17)20/h2-10,15H,11-14H2,1H3,(H,24,28). The van der Waals surface area contributed by atoms with Crippen LogP contribution < -0.4 is 10.2 Å². The number of nitrogens with one attached hydrogen (secondary N) is 1. The number of carbonyl (C=O) groups excluding carboxylic acids is 2. The Hall–Kier alpha value is -3.41. The topological polar surface area (TPSA) is 65.5 Å². The number of aromatic nitrogens is 1. The van der Waals surface area contributed by atoms with Gasteiger partial charge in [-0.05, 0) is 31.2 Å². The zero-order valence-corrected chi connectivity index (χ0v) is 15.8. The normalized spacial score (nSPS) is 14.2. The summed E-state index contributed by atoms with van der Waals surface area (Å²) in [5, 5.41) is 4.01. The van der Waals surface area contributed by atoms with Crippen molar-refractivity contribution >= 4 is 34.1 Å². The number of ketones is 1. The van der Waals surface area contributed by atoms with E-state index in [4.69, 9.17) is 0 Å². The molecule has 1 aliphatic heterocycles. The highest BCUT2D eigenvalue weighted by atomic mass is 16.2. The molecule has 0 bridgehead atoms. The second kappa shape index (κ2) is 7.68. The van der Waals surface area contributed by atoms with Crippen LogP contribution in [-0.2, 0) is 0 Å². The van der Waals surface area contributed by atoms with Crippen LogP contribution in [0.2, 0.25) is 0 Å². The third-order valence-electron chi connectivity index (χ3n) is 5.04. The molecular formula is C22H22N4O2. The van der Waals surface area contributed by atoms with Crippen molar-refractivity contribution in [3.63, 3.8) is 0 Å². The number of hydrogen-bond donors (Lipinski definition) is 1. The quantitative estimate of drug-likeness (QED) is 0.709. The van der Waals surface area contributed by atoms with E-state index < -0.39 is 0 Å². The molecule has 1 saturated heterocycles. The second-order valence-electron chi connectivity index (χ2n) is 6.89. The first-order chi connectivity index (χ1) is 13.6. The van der Waals surface area contributed by atoms with E-state index in [9.17, 15) is 9.59 Å². The van der Waals surface area contributed by atoms with Gasteiger partial charge in [-0.1, -0.05) is 30.3 Å². The Kier molecular flexibility index (Phi) is 4.93. The Balaban J connectivity index is 1.42. The fourth-order valence-corrected chi connectivity index (χ4v) is 3.51. The highest BCUT2D eigenvalue weighted by Crippen LogP contribution is 2.25. The number of hydrogen-bond acceptors (Lipinski definition) is 4. The van der Waals surface area contributed by atoms with Gasteiger partial charge in [0.25, 0.3) is 0 Å². The molecule has 0 radical (unpaired) electrons. The van der Waals surface area contributed by atoms with E-state index in [1.807, 2.05) is 18.3 Å². The molecule has 4 rings (SSSR count). The molecule has 0 atom stereocenters. The maximum Gasteiger partial charge on any atom is 0.321 e. The first kappa shape index (κ1) is 18.0. The minimum absolute atomic E-state index is 0.0200. The molecule has 142 valence electrons. The molecule has 1 N–H and O–H groups in total. The van der Waals surface area contributed by atoms with Crippen molar-refractivity contribution in [1.82, 2.24) is 9.88 Å². The van der Waals surface area contributed by atoms with E-state index in [1.54, 1.807) is 29.2 Å². The monoisotopic (exact) mass is 374 g/mol. The highest BCUT2D eigenvalue weighted by Gasteiger charge is 2.22. The molecule has 6 heteroatoms. The number of nitrogens with zero attached hydrogens (tertiary/aromatic N) is 3. The predicted molar refractivity (Wildman–Crippen MR) is 111 cm³/mol. The number of anilines is 2. The predicted octanol–water partition coefficient (Wildman–Crippen LogP) is 3.79. The molecule has 3 aromatic rings. The van der Waals surface area contributed by atoms with Crippen LogP contribution >= 0.6 is 0 Å². The number of carbonyl (C=O) groups is 2. The number of para-hydroxylation sites is 1. The molecule has 0 unspecified atom stereocenters. The summed E-state index contributed by atoms with van der Waals surface area (Å²) in [5.74, 6) is -0.0200. The molecular weight excluding hydrogens is 352 g/mol. The largest absolute Gasteiger partial charge is 0.366 e. The van der Waals surface area contributed by atoms with Gasteiger partial charge in [-0.15, -0.1) is 0 Å². The van der Waals surface area contributed by atoms with E-state index in [2.05, 4.69) is 33.4 Å². The summed E-state index contributed by atoms with van der Waals surface area (Å²) in [5.41, 5.74) is 3.32. The molecule has 2 aromatic carbocycles. The van der Waals surface area contributed by atoms with Crippen molar-refractivity contribution in [1.29, 1.82) is 0 Å². The summed E-state index contributed by atoms with van der Waals surface area (Å²) in [6, 6.07) is 17.1. The number of amides is 2. The summed E-state index contributed by atoms with van der Waals surface area (Å²) in [6.45, 7) is 4.26. The van der Waals surface area contributed by atoms with Crippen LogP contribution in [0.25, 0.3) is 10.9 Å². The average Bonchev–Trinajstić information content (AvgIpc) is 2.73. The molecule has 0 spiro atoms. The van der Waals surface area contributed by atoms with E-state index >= 15 is 0 Å². The van der Waals surface area contributed by atoms with Crippen LogP contribution in [0.1, 0.15) is 17.3 Å². The van der Waals surface area contributed by atoms with Gasteiger partial charge in [-0.25, -0.2) is 4.79 Å². The van der Waals surface area contributed by atoms with Crippen LogP contribution in [0.5, 0.6) is 0 Å². The van der Waals surface area contributed by atoms with Crippen LogP contribution in [0, 0.1) is 0 Å². The second-order valence-corrected chi connectivity index (χ2v) is 6.89. The number of rotatable bonds is 3. The van der Waals surface area contributed by atoms with Crippen molar-refractivity contribution in [3.05, 3.63) is 66.4 Å². The van der Waals surface area contributed by atoms with Crippen molar-refractivity contribution in [2.45, 2.75) is 6.92 Å². The lowest BCUT2D eigenvalue weighted by Crippen LogP contribution is -2.50. The van der Waals surface area contributed by atoms with Gasteiger partial charge in [0.05, 0.1) is 11.2 Å². The van der Waals surface area contributed by atoms with Gasteiger partial charge in [0.2, 0.25) is 0 Å². The smallest absolute Gasteiger partial charge is 0.321 e. The van der Waals surface area contributed by atoms with Crippen LogP contribution in [0.15, 0.2) is 60.8 Å². The molecule has 2 heterocycles.